The van der Waals surface area contributed by atoms with Gasteiger partial charge in [-0.05, 0) is 118 Å². The molecule has 10 nitrogen and oxygen atoms in total. The van der Waals surface area contributed by atoms with E-state index in [1.54, 1.807) is 37.6 Å². The summed E-state index contributed by atoms with van der Waals surface area (Å²) in [7, 11) is 1.67. The molecule has 0 saturated carbocycles. The van der Waals surface area contributed by atoms with Crippen molar-refractivity contribution in [1.82, 2.24) is 29.6 Å². The van der Waals surface area contributed by atoms with E-state index >= 15 is 0 Å². The number of anilines is 3. The number of imidazole rings is 1. The van der Waals surface area contributed by atoms with Crippen LogP contribution in [0.4, 0.5) is 26.1 Å². The van der Waals surface area contributed by atoms with Crippen LogP contribution in [0.3, 0.4) is 0 Å². The number of benzene rings is 3. The number of rotatable bonds is 9. The Morgan fingerprint density at radius 2 is 1.68 bits per heavy atom. The fourth-order valence-electron chi connectivity index (χ4n) is 7.56. The van der Waals surface area contributed by atoms with Gasteiger partial charge in [0, 0.05) is 29.6 Å². The van der Waals surface area contributed by atoms with Crippen molar-refractivity contribution in [2.45, 2.75) is 37.6 Å². The number of piperidine rings is 2. The first-order chi connectivity index (χ1) is 25.9. The Kier molecular flexibility index (Phi) is 9.79. The lowest BCUT2D eigenvalue weighted by Gasteiger charge is -2.39. The zero-order chi connectivity index (χ0) is 36.3. The Labute approximate surface area is 306 Å². The first-order valence-electron chi connectivity index (χ1n) is 18.0. The number of para-hydroxylation sites is 1. The standard InChI is InChI=1S/C41H40F2N8O2/c1-53-35-25-27(26-16-22-50(23-17-26)30-13-18-44-19-14-30)11-12-33(35)46-41-45-20-15-34(47-41)39-37(48-36-10-2-3-21-51(36)39)28-6-4-7-29(24-28)40(52)49-38-31(42)8-5-9-32(38)43/h2-12,15,20-21,24-26,30,44H,13-14,16-19,22-23H2,1H3,(H,49,52)(H,45,46,47). The minimum absolute atomic E-state index is 0.209. The highest BCUT2D eigenvalue weighted by Crippen LogP contribution is 2.37. The number of nitrogens with zero attached hydrogens (tertiary/aromatic N) is 5. The monoisotopic (exact) mass is 714 g/mol. The molecule has 1 amide bonds. The molecule has 12 heteroatoms. The smallest absolute Gasteiger partial charge is 0.255 e. The number of methoxy groups -OCH3 is 1. The van der Waals surface area contributed by atoms with Crippen LogP contribution in [-0.4, -0.2) is 69.5 Å². The number of carbonyl (C=O) groups excluding carboxylic acids is 1. The average molecular weight is 715 g/mol. The van der Waals surface area contributed by atoms with Gasteiger partial charge < -0.3 is 25.6 Å². The number of hydrogen-bond acceptors (Lipinski definition) is 8. The van der Waals surface area contributed by atoms with Crippen molar-refractivity contribution < 1.29 is 18.3 Å². The molecule has 8 rings (SSSR count). The Morgan fingerprint density at radius 1 is 0.887 bits per heavy atom. The van der Waals surface area contributed by atoms with Gasteiger partial charge in [0.25, 0.3) is 5.91 Å². The molecule has 270 valence electrons. The van der Waals surface area contributed by atoms with Crippen LogP contribution in [-0.2, 0) is 0 Å². The molecule has 0 aliphatic carbocycles. The number of fused-ring (bicyclic) bond motifs is 1. The fraction of sp³-hybridized carbons (Fsp3) is 0.268. The summed E-state index contributed by atoms with van der Waals surface area (Å²) in [4.78, 5) is 30.2. The van der Waals surface area contributed by atoms with Crippen molar-refractivity contribution in [2.75, 3.05) is 43.9 Å². The SMILES string of the molecule is COc1cc(C2CCN(C3CCNCC3)CC2)ccc1Nc1nccc(-c2c(-c3cccc(C(=O)Nc4c(F)cccc4F)c3)nc3ccccn23)n1. The molecule has 3 N–H and O–H groups in total. The lowest BCUT2D eigenvalue weighted by molar-refractivity contribution is 0.102. The summed E-state index contributed by atoms with van der Waals surface area (Å²) in [6, 6.07) is 24.7. The van der Waals surface area contributed by atoms with Gasteiger partial charge in [-0.15, -0.1) is 0 Å². The van der Waals surface area contributed by atoms with E-state index in [-0.39, 0.29) is 5.56 Å². The van der Waals surface area contributed by atoms with Gasteiger partial charge in [0.2, 0.25) is 5.95 Å². The Hall–Kier alpha value is -5.72. The molecule has 0 spiro atoms. The van der Waals surface area contributed by atoms with E-state index in [0.29, 0.717) is 46.2 Å². The largest absolute Gasteiger partial charge is 0.495 e. The quantitative estimate of drug-likeness (QED) is 0.140. The Balaban J connectivity index is 1.05. The summed E-state index contributed by atoms with van der Waals surface area (Å²) >= 11 is 0. The molecule has 0 bridgehead atoms. The van der Waals surface area contributed by atoms with E-state index in [2.05, 4.69) is 38.0 Å². The molecule has 3 aromatic carbocycles. The molecule has 2 saturated heterocycles. The number of carbonyl (C=O) groups is 1. The topological polar surface area (TPSA) is 109 Å². The van der Waals surface area contributed by atoms with E-state index in [0.717, 1.165) is 62.6 Å². The normalized spacial score (nSPS) is 15.8. The lowest BCUT2D eigenvalue weighted by Crippen LogP contribution is -2.46. The van der Waals surface area contributed by atoms with Gasteiger partial charge in [-0.2, -0.15) is 0 Å². The highest BCUT2D eigenvalue weighted by molar-refractivity contribution is 6.05. The summed E-state index contributed by atoms with van der Waals surface area (Å²) in [5.41, 5.74) is 4.88. The predicted octanol–water partition coefficient (Wildman–Crippen LogP) is 7.67. The number of hydrogen-bond donors (Lipinski definition) is 3. The second kappa shape index (κ2) is 15.1. The van der Waals surface area contributed by atoms with Crippen molar-refractivity contribution in [3.63, 3.8) is 0 Å². The number of ether oxygens (including phenoxy) is 1. The number of aromatic nitrogens is 4. The third-order valence-corrected chi connectivity index (χ3v) is 10.3. The number of pyridine rings is 1. The number of likely N-dealkylation sites (tertiary alicyclic amines) is 1. The van der Waals surface area contributed by atoms with E-state index in [4.69, 9.17) is 14.7 Å². The minimum atomic E-state index is -0.859. The van der Waals surface area contributed by atoms with Crippen LogP contribution in [0.5, 0.6) is 5.75 Å². The van der Waals surface area contributed by atoms with Gasteiger partial charge in [0.1, 0.15) is 28.7 Å². The van der Waals surface area contributed by atoms with E-state index in [1.807, 2.05) is 40.9 Å². The molecule has 5 heterocycles. The van der Waals surface area contributed by atoms with Crippen LogP contribution in [0.2, 0.25) is 0 Å². The van der Waals surface area contributed by atoms with E-state index in [9.17, 15) is 13.6 Å². The van der Waals surface area contributed by atoms with Crippen molar-refractivity contribution in [1.29, 1.82) is 0 Å². The first-order valence-corrected chi connectivity index (χ1v) is 18.0. The van der Waals surface area contributed by atoms with Crippen LogP contribution in [0.25, 0.3) is 28.3 Å². The molecule has 53 heavy (non-hydrogen) atoms. The minimum Gasteiger partial charge on any atom is -0.495 e. The van der Waals surface area contributed by atoms with Crippen LogP contribution in [0.15, 0.2) is 97.3 Å². The third kappa shape index (κ3) is 7.20. The molecular weight excluding hydrogens is 675 g/mol. The fourth-order valence-corrected chi connectivity index (χ4v) is 7.56. The molecule has 2 fully saturated rings. The van der Waals surface area contributed by atoms with Gasteiger partial charge in [-0.25, -0.2) is 23.7 Å². The summed E-state index contributed by atoms with van der Waals surface area (Å²) in [6.45, 7) is 4.46. The van der Waals surface area contributed by atoms with E-state index < -0.39 is 23.2 Å². The van der Waals surface area contributed by atoms with Crippen LogP contribution in [0, 0.1) is 11.6 Å². The predicted molar refractivity (Wildman–Crippen MR) is 202 cm³/mol. The zero-order valence-electron chi connectivity index (χ0n) is 29.4. The van der Waals surface area contributed by atoms with Crippen molar-refractivity contribution in [3.05, 3.63) is 120 Å². The molecule has 2 aliphatic rings. The molecule has 0 radical (unpaired) electrons. The highest BCUT2D eigenvalue weighted by Gasteiger charge is 2.27. The van der Waals surface area contributed by atoms with Crippen LogP contribution in [0.1, 0.15) is 47.5 Å². The third-order valence-electron chi connectivity index (χ3n) is 10.3. The molecule has 2 aliphatic heterocycles. The maximum atomic E-state index is 14.3. The van der Waals surface area contributed by atoms with Gasteiger partial charge in [0.05, 0.1) is 29.9 Å². The second-order valence-corrected chi connectivity index (χ2v) is 13.5. The van der Waals surface area contributed by atoms with Gasteiger partial charge in [-0.1, -0.05) is 30.3 Å². The van der Waals surface area contributed by atoms with Crippen LogP contribution < -0.4 is 20.7 Å². The maximum Gasteiger partial charge on any atom is 0.255 e. The molecule has 6 aromatic rings. The summed E-state index contributed by atoms with van der Waals surface area (Å²) in [5.74, 6) is -0.796. The molecule has 0 atom stereocenters. The van der Waals surface area contributed by atoms with Crippen molar-refractivity contribution >= 4 is 28.9 Å². The average Bonchev–Trinajstić information content (AvgIpc) is 3.60. The van der Waals surface area contributed by atoms with Crippen LogP contribution >= 0.6 is 0 Å². The van der Waals surface area contributed by atoms with Gasteiger partial charge >= 0.3 is 0 Å². The lowest BCUT2D eigenvalue weighted by atomic mass is 9.88. The Morgan fingerprint density at radius 3 is 2.47 bits per heavy atom. The first kappa shape index (κ1) is 34.4. The van der Waals surface area contributed by atoms with Crippen molar-refractivity contribution in [3.8, 4) is 28.4 Å². The Bertz CT molecular complexity index is 2240. The summed E-state index contributed by atoms with van der Waals surface area (Å²) < 4.78 is 36.4. The molecular formula is C41H40F2N8O2. The molecule has 0 unspecified atom stereocenters. The number of halogens is 2. The second-order valence-electron chi connectivity index (χ2n) is 13.5. The van der Waals surface area contributed by atoms with Gasteiger partial charge in [-0.3, -0.25) is 9.20 Å². The molecule has 3 aromatic heterocycles. The highest BCUT2D eigenvalue weighted by atomic mass is 19.1. The summed E-state index contributed by atoms with van der Waals surface area (Å²) in [5, 5.41) is 9.20. The van der Waals surface area contributed by atoms with Crippen molar-refractivity contribution in [2.24, 2.45) is 0 Å². The maximum absolute atomic E-state index is 14.3. The zero-order valence-corrected chi connectivity index (χ0v) is 29.4. The number of amides is 1. The van der Waals surface area contributed by atoms with E-state index in [1.165, 1.54) is 24.5 Å². The van der Waals surface area contributed by atoms with Gasteiger partial charge in [0.15, 0.2) is 0 Å². The number of nitrogens with one attached hydrogen (secondary N) is 3. The summed E-state index contributed by atoms with van der Waals surface area (Å²) in [6.07, 6.45) is 8.30.